The maximum atomic E-state index is 4.94. The van der Waals surface area contributed by atoms with Crippen LogP contribution in [0.4, 0.5) is 0 Å². The van der Waals surface area contributed by atoms with Crippen molar-refractivity contribution in [3.05, 3.63) is 7.43 Å². The first kappa shape index (κ1) is 22.3. The Hall–Kier alpha value is 0.992. The summed E-state index contributed by atoms with van der Waals surface area (Å²) in [6.45, 7) is 6.00. The van der Waals surface area contributed by atoms with E-state index in [9.17, 15) is 0 Å². The molecule has 3 aliphatic heterocycles. The molecule has 3 fully saturated rings. The van der Waals surface area contributed by atoms with Crippen molar-refractivity contribution < 1.29 is 27.6 Å². The van der Waals surface area contributed by atoms with Crippen LogP contribution in [0, 0.1) is 7.43 Å². The second-order valence-corrected chi connectivity index (χ2v) is 6.12. The van der Waals surface area contributed by atoms with Crippen LogP contribution in [0.2, 0.25) is 0 Å². The molecule has 0 atom stereocenters. The van der Waals surface area contributed by atoms with E-state index in [0.717, 1.165) is 39.6 Å². The topological polar surface area (TPSA) is 27.7 Å². The molecule has 6 heteroatoms. The number of ether oxygens (including phenoxy) is 3. The standard InChI is InChI=1S/3C4H8O.CH3.2ClH.Cr/c3*1-2-4-5-3-1;;;;/h3*1-4H2;1H3;2*1H;/q;;;-1;;;+3/p-2. The summed E-state index contributed by atoms with van der Waals surface area (Å²) < 4.78 is 14.8. The summed E-state index contributed by atoms with van der Waals surface area (Å²) >= 11 is -0.181. The second kappa shape index (κ2) is 21.3. The second-order valence-electron chi connectivity index (χ2n) is 4.02. The SMILES string of the molecule is C1CCOC1.C1CCOC1.C1CCOC1.[CH3-].[Cl][Cr+][Cl]. The minimum atomic E-state index is -0.181. The minimum absolute atomic E-state index is 0. The van der Waals surface area contributed by atoms with Crippen molar-refractivity contribution in [1.82, 2.24) is 0 Å². The third-order valence-corrected chi connectivity index (χ3v) is 2.48. The summed E-state index contributed by atoms with van der Waals surface area (Å²) in [6, 6.07) is 0. The van der Waals surface area contributed by atoms with Gasteiger partial charge in [0.25, 0.3) is 0 Å². The molecule has 0 saturated carbocycles. The van der Waals surface area contributed by atoms with Gasteiger partial charge in [0.05, 0.1) is 0 Å². The molecule has 19 heavy (non-hydrogen) atoms. The third-order valence-electron chi connectivity index (χ3n) is 2.48. The molecule has 0 N–H and O–H groups in total. The molecule has 3 nitrogen and oxygen atoms in total. The van der Waals surface area contributed by atoms with Crippen LogP contribution < -0.4 is 0 Å². The van der Waals surface area contributed by atoms with E-state index in [1.54, 1.807) is 0 Å². The van der Waals surface area contributed by atoms with Gasteiger partial charge >= 0.3 is 33.5 Å². The molecule has 3 aliphatic rings. The number of hydrogen-bond donors (Lipinski definition) is 0. The van der Waals surface area contributed by atoms with Gasteiger partial charge in [0, 0.05) is 39.6 Å². The van der Waals surface area contributed by atoms with E-state index in [4.69, 9.17) is 34.3 Å². The van der Waals surface area contributed by atoms with E-state index < -0.39 is 0 Å². The summed E-state index contributed by atoms with van der Waals surface area (Å²) in [6.07, 6.45) is 7.67. The van der Waals surface area contributed by atoms with Gasteiger partial charge in [0.2, 0.25) is 0 Å². The zero-order valence-electron chi connectivity index (χ0n) is 11.9. The summed E-state index contributed by atoms with van der Waals surface area (Å²) in [5.74, 6) is 0. The van der Waals surface area contributed by atoms with Crippen LogP contribution in [0.3, 0.4) is 0 Å². The average Bonchev–Trinajstić information content (AvgIpc) is 3.19. The quantitative estimate of drug-likeness (QED) is 0.610. The van der Waals surface area contributed by atoms with Gasteiger partial charge < -0.3 is 21.6 Å². The molecule has 0 bridgehead atoms. The van der Waals surface area contributed by atoms with Crippen LogP contribution in [-0.4, -0.2) is 39.6 Å². The summed E-state index contributed by atoms with van der Waals surface area (Å²) in [5.41, 5.74) is 0. The number of halogens is 2. The van der Waals surface area contributed by atoms with Crippen LogP contribution in [0.1, 0.15) is 38.5 Å². The van der Waals surface area contributed by atoms with E-state index in [2.05, 4.69) is 0 Å². The van der Waals surface area contributed by atoms with E-state index in [0.29, 0.717) is 0 Å². The zero-order chi connectivity index (χ0) is 13.3. The molecule has 0 amide bonds. The van der Waals surface area contributed by atoms with Crippen molar-refractivity contribution in [2.75, 3.05) is 39.6 Å². The monoisotopic (exact) mass is 353 g/mol. The van der Waals surface area contributed by atoms with Crippen molar-refractivity contribution in [1.29, 1.82) is 0 Å². The Kier molecular flexibility index (Phi) is 25.0. The fraction of sp³-hybridized carbons (Fsp3) is 0.923. The Morgan fingerprint density at radius 3 is 0.737 bits per heavy atom. The van der Waals surface area contributed by atoms with E-state index in [1.165, 1.54) is 38.5 Å². The molecule has 0 aromatic carbocycles. The van der Waals surface area contributed by atoms with Gasteiger partial charge in [-0.05, 0) is 38.5 Å². The molecule has 3 rings (SSSR count). The van der Waals surface area contributed by atoms with Crippen molar-refractivity contribution in [3.8, 4) is 0 Å². The van der Waals surface area contributed by atoms with Gasteiger partial charge in [-0.15, -0.1) is 0 Å². The van der Waals surface area contributed by atoms with Crippen molar-refractivity contribution >= 4 is 20.1 Å². The summed E-state index contributed by atoms with van der Waals surface area (Å²) in [5, 5.41) is 0. The molecule has 117 valence electrons. The predicted molar refractivity (Wildman–Crippen MR) is 78.3 cm³/mol. The summed E-state index contributed by atoms with van der Waals surface area (Å²) in [7, 11) is 9.65. The molecule has 3 heterocycles. The molecule has 0 radical (unpaired) electrons. The molecular formula is C13H27Cl2CrO3. The fourth-order valence-corrected chi connectivity index (χ4v) is 1.53. The van der Waals surface area contributed by atoms with Crippen molar-refractivity contribution in [2.24, 2.45) is 0 Å². The predicted octanol–water partition coefficient (Wildman–Crippen LogP) is 4.22. The maximum absolute atomic E-state index is 4.94. The van der Waals surface area contributed by atoms with E-state index >= 15 is 0 Å². The molecule has 0 aromatic heterocycles. The van der Waals surface area contributed by atoms with E-state index in [-0.39, 0.29) is 20.8 Å². The van der Waals surface area contributed by atoms with Gasteiger partial charge in [-0.3, -0.25) is 0 Å². The molecular weight excluding hydrogens is 327 g/mol. The first-order valence-electron chi connectivity index (χ1n) is 6.54. The van der Waals surface area contributed by atoms with Crippen molar-refractivity contribution in [2.45, 2.75) is 38.5 Å². The Balaban J connectivity index is 0. The van der Waals surface area contributed by atoms with Crippen LogP contribution in [-0.2, 0) is 27.6 Å². The van der Waals surface area contributed by atoms with Crippen LogP contribution in [0.25, 0.3) is 0 Å². The van der Waals surface area contributed by atoms with E-state index in [1.807, 2.05) is 0 Å². The Bertz CT molecular complexity index is 95.2. The van der Waals surface area contributed by atoms with Gasteiger partial charge in [-0.25, -0.2) is 0 Å². The first-order chi connectivity index (χ1) is 8.91. The molecule has 0 spiro atoms. The van der Waals surface area contributed by atoms with Crippen LogP contribution >= 0.6 is 20.1 Å². The van der Waals surface area contributed by atoms with Gasteiger partial charge in [-0.2, -0.15) is 0 Å². The van der Waals surface area contributed by atoms with Gasteiger partial charge in [-0.1, -0.05) is 0 Å². The molecule has 0 aromatic rings. The van der Waals surface area contributed by atoms with Crippen LogP contribution in [0.5, 0.6) is 0 Å². The first-order valence-corrected chi connectivity index (χ1v) is 10.0. The molecule has 0 aliphatic carbocycles. The van der Waals surface area contributed by atoms with Crippen LogP contribution in [0.15, 0.2) is 0 Å². The van der Waals surface area contributed by atoms with Crippen molar-refractivity contribution in [3.63, 3.8) is 0 Å². The fourth-order valence-electron chi connectivity index (χ4n) is 1.53. The van der Waals surface area contributed by atoms with Gasteiger partial charge in [0.15, 0.2) is 0 Å². The van der Waals surface area contributed by atoms with Gasteiger partial charge in [0.1, 0.15) is 0 Å². The molecule has 0 unspecified atom stereocenters. The Labute approximate surface area is 133 Å². The average molecular weight is 354 g/mol. The molecule has 3 saturated heterocycles. The summed E-state index contributed by atoms with van der Waals surface area (Å²) in [4.78, 5) is 0. The number of hydrogen-bond acceptors (Lipinski definition) is 3. The third kappa shape index (κ3) is 21.4. The normalized spacial score (nSPS) is 19.7. The Morgan fingerprint density at radius 2 is 0.684 bits per heavy atom. The Morgan fingerprint density at radius 1 is 0.526 bits per heavy atom. The number of rotatable bonds is 0. The zero-order valence-corrected chi connectivity index (χ0v) is 14.7.